The number of nitrogens with zero attached hydrogens (tertiary/aromatic N) is 4. The number of nitrogens with one attached hydrogen (secondary N) is 1. The van der Waals surface area contributed by atoms with Crippen LogP contribution in [-0.4, -0.2) is 42.9 Å². The van der Waals surface area contributed by atoms with Crippen molar-refractivity contribution in [3.05, 3.63) is 83.4 Å². The fourth-order valence-corrected chi connectivity index (χ4v) is 4.85. The molecule has 0 unspecified atom stereocenters. The van der Waals surface area contributed by atoms with E-state index in [0.717, 1.165) is 11.0 Å². The first-order valence-corrected chi connectivity index (χ1v) is 10.2. The van der Waals surface area contributed by atoms with E-state index in [1.807, 2.05) is 0 Å². The lowest BCUT2D eigenvalue weighted by atomic mass is 9.83. The molecule has 1 aromatic carbocycles. The van der Waals surface area contributed by atoms with E-state index in [2.05, 4.69) is 4.98 Å². The van der Waals surface area contributed by atoms with E-state index in [1.165, 1.54) is 10.6 Å². The third kappa shape index (κ3) is 3.13. The van der Waals surface area contributed by atoms with Gasteiger partial charge >= 0.3 is 16.9 Å². The van der Waals surface area contributed by atoms with Crippen LogP contribution in [0.4, 0.5) is 5.69 Å². The highest BCUT2D eigenvalue weighted by Crippen LogP contribution is 2.35. The Labute approximate surface area is 179 Å². The van der Waals surface area contributed by atoms with Crippen molar-refractivity contribution in [3.63, 3.8) is 0 Å². The van der Waals surface area contributed by atoms with Gasteiger partial charge in [0.15, 0.2) is 0 Å². The number of hydrogen-bond donors (Lipinski definition) is 1. The predicted molar refractivity (Wildman–Crippen MR) is 114 cm³/mol. The summed E-state index contributed by atoms with van der Waals surface area (Å²) < 4.78 is 2.34. The molecule has 32 heavy (non-hydrogen) atoms. The van der Waals surface area contributed by atoms with Crippen molar-refractivity contribution in [1.82, 2.24) is 19.0 Å². The average molecular weight is 437 g/mol. The lowest BCUT2D eigenvalue weighted by Gasteiger charge is -2.42. The van der Waals surface area contributed by atoms with E-state index in [4.69, 9.17) is 0 Å². The molecule has 2 aliphatic heterocycles. The second-order valence-electron chi connectivity index (χ2n) is 8.28. The summed E-state index contributed by atoms with van der Waals surface area (Å²) in [5.74, 6) is -0.552. The summed E-state index contributed by atoms with van der Waals surface area (Å²) in [7, 11) is 0. The van der Waals surface area contributed by atoms with Gasteiger partial charge in [-0.05, 0) is 30.5 Å². The van der Waals surface area contributed by atoms with Crippen LogP contribution in [0.25, 0.3) is 10.9 Å². The molecule has 1 fully saturated rings. The van der Waals surface area contributed by atoms with Gasteiger partial charge in [0.25, 0.3) is 5.56 Å². The zero-order valence-corrected chi connectivity index (χ0v) is 16.9. The number of piperidine rings is 1. The Kier molecular flexibility index (Phi) is 4.54. The highest BCUT2D eigenvalue weighted by molar-refractivity contribution is 5.79. The van der Waals surface area contributed by atoms with Crippen molar-refractivity contribution in [2.24, 2.45) is 5.92 Å². The minimum atomic E-state index is -0.686. The minimum Gasteiger partial charge on any atom is -0.340 e. The van der Waals surface area contributed by atoms with Gasteiger partial charge in [0.2, 0.25) is 5.91 Å². The zero-order chi connectivity index (χ0) is 22.6. The van der Waals surface area contributed by atoms with Crippen LogP contribution in [0.15, 0.2) is 50.8 Å². The molecule has 164 valence electrons. The maximum atomic E-state index is 13.0. The van der Waals surface area contributed by atoms with Crippen LogP contribution in [0.5, 0.6) is 0 Å². The summed E-state index contributed by atoms with van der Waals surface area (Å²) >= 11 is 0. The third-order valence-corrected chi connectivity index (χ3v) is 6.32. The molecule has 2 bridgehead atoms. The van der Waals surface area contributed by atoms with Gasteiger partial charge in [-0.3, -0.25) is 29.1 Å². The SMILES string of the molecule is O=C(Cn1c(=O)[nH]c2ccccc2c1=O)N1C[C@H]2C[C@@H](C1)c1ccc([N+](=O)[O-])c(=O)n1C2. The van der Waals surface area contributed by atoms with Gasteiger partial charge in [0.1, 0.15) is 6.54 Å². The summed E-state index contributed by atoms with van der Waals surface area (Å²) in [6.45, 7) is 0.565. The average Bonchev–Trinajstić information content (AvgIpc) is 2.77. The van der Waals surface area contributed by atoms with Crippen LogP contribution in [0.3, 0.4) is 0 Å². The highest BCUT2D eigenvalue weighted by atomic mass is 16.6. The monoisotopic (exact) mass is 437 g/mol. The number of hydrogen-bond acceptors (Lipinski definition) is 6. The first kappa shape index (κ1) is 19.9. The number of aromatic amines is 1. The van der Waals surface area contributed by atoms with E-state index >= 15 is 0 Å². The molecule has 0 aliphatic carbocycles. The van der Waals surface area contributed by atoms with E-state index in [9.17, 15) is 29.3 Å². The number of nitro groups is 1. The maximum absolute atomic E-state index is 13.0. The number of aromatic nitrogens is 3. The Morgan fingerprint density at radius 2 is 1.84 bits per heavy atom. The first-order chi connectivity index (χ1) is 15.3. The minimum absolute atomic E-state index is 0.0449. The number of para-hydroxylation sites is 1. The summed E-state index contributed by atoms with van der Waals surface area (Å²) in [4.78, 5) is 65.3. The molecule has 3 aromatic rings. The number of likely N-dealkylation sites (tertiary alicyclic amines) is 1. The Balaban J connectivity index is 1.42. The molecule has 2 aliphatic rings. The van der Waals surface area contributed by atoms with Crippen LogP contribution in [0.2, 0.25) is 0 Å². The van der Waals surface area contributed by atoms with Crippen molar-refractivity contribution in [1.29, 1.82) is 0 Å². The summed E-state index contributed by atoms with van der Waals surface area (Å²) in [5.41, 5.74) is -1.19. The van der Waals surface area contributed by atoms with Crippen LogP contribution in [0, 0.1) is 16.0 Å². The molecule has 0 radical (unpaired) electrons. The zero-order valence-electron chi connectivity index (χ0n) is 16.9. The van der Waals surface area contributed by atoms with Gasteiger partial charge in [-0.1, -0.05) is 12.1 Å². The maximum Gasteiger partial charge on any atom is 0.334 e. The molecule has 2 aromatic heterocycles. The number of carbonyl (C=O) groups excluding carboxylic acids is 1. The molecule has 5 rings (SSSR count). The highest BCUT2D eigenvalue weighted by Gasteiger charge is 2.37. The van der Waals surface area contributed by atoms with Gasteiger partial charge in [0.05, 0.1) is 15.8 Å². The molecule has 2 atom stereocenters. The van der Waals surface area contributed by atoms with Crippen LogP contribution in [0.1, 0.15) is 18.0 Å². The van der Waals surface area contributed by atoms with E-state index in [0.29, 0.717) is 29.7 Å². The Morgan fingerprint density at radius 3 is 2.62 bits per heavy atom. The number of amides is 1. The first-order valence-electron chi connectivity index (χ1n) is 10.2. The number of fused-ring (bicyclic) bond motifs is 5. The number of benzene rings is 1. The molecule has 0 spiro atoms. The second kappa shape index (κ2) is 7.29. The molecule has 11 nitrogen and oxygen atoms in total. The number of pyridine rings is 1. The molecule has 11 heteroatoms. The lowest BCUT2D eigenvalue weighted by molar-refractivity contribution is -0.386. The fraction of sp³-hybridized carbons (Fsp3) is 0.333. The lowest BCUT2D eigenvalue weighted by Crippen LogP contribution is -2.51. The predicted octanol–water partition coefficient (Wildman–Crippen LogP) is 0.406. The largest absolute Gasteiger partial charge is 0.340 e. The smallest absolute Gasteiger partial charge is 0.334 e. The van der Waals surface area contributed by atoms with E-state index < -0.39 is 27.4 Å². The Hall–Kier alpha value is -4.02. The van der Waals surface area contributed by atoms with Crippen LogP contribution in [-0.2, 0) is 17.9 Å². The van der Waals surface area contributed by atoms with Crippen molar-refractivity contribution >= 4 is 22.5 Å². The number of carbonyl (C=O) groups is 1. The standard InChI is InChI=1S/C21H19N5O6/c27-18(11-25-19(28)14-3-1-2-4-15(14)22-21(25)30)23-8-12-7-13(10-23)16-5-6-17(26(31)32)20(29)24(16)9-12/h1-6,12-13H,7-11H2,(H,22,30)/t12-,13+/m1/s1. The van der Waals surface area contributed by atoms with E-state index in [1.54, 1.807) is 35.2 Å². The van der Waals surface area contributed by atoms with Crippen molar-refractivity contribution in [2.75, 3.05) is 13.1 Å². The van der Waals surface area contributed by atoms with Gasteiger partial charge in [-0.2, -0.15) is 0 Å². The van der Waals surface area contributed by atoms with Crippen LogP contribution < -0.4 is 16.8 Å². The molecule has 1 amide bonds. The number of rotatable bonds is 3. The van der Waals surface area contributed by atoms with Gasteiger partial charge in [0, 0.05) is 37.3 Å². The van der Waals surface area contributed by atoms with Crippen molar-refractivity contribution in [3.8, 4) is 0 Å². The van der Waals surface area contributed by atoms with Gasteiger partial charge < -0.3 is 14.5 Å². The Morgan fingerprint density at radius 1 is 1.06 bits per heavy atom. The second-order valence-corrected chi connectivity index (χ2v) is 8.28. The van der Waals surface area contributed by atoms with Crippen molar-refractivity contribution in [2.45, 2.75) is 25.4 Å². The number of H-pyrrole nitrogens is 1. The summed E-state index contributed by atoms with van der Waals surface area (Å²) in [6, 6.07) is 9.39. The topological polar surface area (TPSA) is 140 Å². The molecular weight excluding hydrogens is 418 g/mol. The normalized spacial score (nSPS) is 19.6. The molecule has 1 N–H and O–H groups in total. The van der Waals surface area contributed by atoms with Crippen LogP contribution >= 0.6 is 0 Å². The molecule has 1 saturated heterocycles. The van der Waals surface area contributed by atoms with Crippen molar-refractivity contribution < 1.29 is 9.72 Å². The summed E-state index contributed by atoms with van der Waals surface area (Å²) in [6.07, 6.45) is 0.761. The molecular formula is C21H19N5O6. The summed E-state index contributed by atoms with van der Waals surface area (Å²) in [5, 5.41) is 11.4. The Bertz CT molecular complexity index is 1450. The molecule has 0 saturated carbocycles. The third-order valence-electron chi connectivity index (χ3n) is 6.32. The molecule has 4 heterocycles. The van der Waals surface area contributed by atoms with Gasteiger partial charge in [-0.15, -0.1) is 0 Å². The van der Waals surface area contributed by atoms with E-state index in [-0.39, 0.29) is 30.8 Å². The fourth-order valence-electron chi connectivity index (χ4n) is 4.85. The van der Waals surface area contributed by atoms with Gasteiger partial charge in [-0.25, -0.2) is 4.79 Å². The quantitative estimate of drug-likeness (QED) is 0.465.